The van der Waals surface area contributed by atoms with E-state index < -0.39 is 10.0 Å². The Kier molecular flexibility index (Phi) is 3.81. The third-order valence-electron chi connectivity index (χ3n) is 3.05. The third kappa shape index (κ3) is 2.80. The first-order valence-corrected chi connectivity index (χ1v) is 8.74. The molecule has 8 nitrogen and oxygen atoms in total. The Morgan fingerprint density at radius 2 is 2.14 bits per heavy atom. The Bertz CT molecular complexity index is 970. The van der Waals surface area contributed by atoms with Gasteiger partial charge in [-0.25, -0.2) is 23.1 Å². The van der Waals surface area contributed by atoms with Gasteiger partial charge in [0.05, 0.1) is 18.0 Å². The molecule has 116 valence electrons. The van der Waals surface area contributed by atoms with Gasteiger partial charge in [-0.05, 0) is 11.4 Å². The number of hydrogen-bond acceptors (Lipinski definition) is 6. The fraction of sp³-hybridized carbons (Fsp3) is 0.250. The third-order valence-corrected chi connectivity index (χ3v) is 5.22. The summed E-state index contributed by atoms with van der Waals surface area (Å²) < 4.78 is 29.4. The van der Waals surface area contributed by atoms with Gasteiger partial charge in [-0.1, -0.05) is 0 Å². The monoisotopic (exact) mass is 339 g/mol. The molecule has 0 saturated carbocycles. The van der Waals surface area contributed by atoms with Crippen LogP contribution < -0.4 is 10.3 Å². The molecule has 3 heterocycles. The zero-order chi connectivity index (χ0) is 15.7. The van der Waals surface area contributed by atoms with Crippen LogP contribution in [0.2, 0.25) is 0 Å². The van der Waals surface area contributed by atoms with E-state index in [4.69, 9.17) is 0 Å². The van der Waals surface area contributed by atoms with E-state index in [0.717, 1.165) is 0 Å². The van der Waals surface area contributed by atoms with Crippen LogP contribution in [0.4, 0.5) is 0 Å². The van der Waals surface area contributed by atoms with Crippen molar-refractivity contribution in [1.82, 2.24) is 23.8 Å². The molecule has 0 unspecified atom stereocenters. The van der Waals surface area contributed by atoms with E-state index in [2.05, 4.69) is 14.7 Å². The number of rotatable bonds is 5. The summed E-state index contributed by atoms with van der Waals surface area (Å²) >= 11 is 1.39. The highest BCUT2D eigenvalue weighted by Gasteiger charge is 2.16. The SMILES string of the molecule is Cn1cnc(S(=O)(=O)NCCn2cnc3sccc3c2=O)c1. The standard InChI is InChI=1S/C12H13N5O3S2/c1-16-6-10(13-7-16)22(19,20)15-3-4-17-8-14-11-9(12(17)18)2-5-21-11/h2,5-8,15H,3-4H2,1H3. The van der Waals surface area contributed by atoms with Gasteiger partial charge in [-0.3, -0.25) is 9.36 Å². The van der Waals surface area contributed by atoms with Gasteiger partial charge in [-0.15, -0.1) is 11.3 Å². The molecule has 0 spiro atoms. The average Bonchev–Trinajstić information content (AvgIpc) is 3.10. The van der Waals surface area contributed by atoms with Crippen LogP contribution in [-0.4, -0.2) is 34.1 Å². The summed E-state index contributed by atoms with van der Waals surface area (Å²) in [7, 11) is -1.98. The number of nitrogens with zero attached hydrogens (tertiary/aromatic N) is 4. The molecule has 10 heteroatoms. The molecule has 3 rings (SSSR count). The Morgan fingerprint density at radius 1 is 1.32 bits per heavy atom. The van der Waals surface area contributed by atoms with Crippen LogP contribution in [0, 0.1) is 0 Å². The molecule has 3 aromatic rings. The second-order valence-electron chi connectivity index (χ2n) is 4.66. The van der Waals surface area contributed by atoms with Crippen LogP contribution in [-0.2, 0) is 23.6 Å². The van der Waals surface area contributed by atoms with Crippen LogP contribution in [0.3, 0.4) is 0 Å². The van der Waals surface area contributed by atoms with Gasteiger partial charge in [0.1, 0.15) is 4.83 Å². The maximum atomic E-state index is 12.2. The van der Waals surface area contributed by atoms with Crippen LogP contribution >= 0.6 is 11.3 Å². The van der Waals surface area contributed by atoms with Gasteiger partial charge in [-0.2, -0.15) is 0 Å². The van der Waals surface area contributed by atoms with Crippen LogP contribution in [0.25, 0.3) is 10.2 Å². The number of hydrogen-bond donors (Lipinski definition) is 1. The molecule has 0 bridgehead atoms. The largest absolute Gasteiger partial charge is 0.339 e. The van der Waals surface area contributed by atoms with Gasteiger partial charge in [0.25, 0.3) is 15.6 Å². The smallest absolute Gasteiger partial charge is 0.262 e. The topological polar surface area (TPSA) is 98.9 Å². The van der Waals surface area contributed by atoms with Crippen molar-refractivity contribution in [2.24, 2.45) is 7.05 Å². The van der Waals surface area contributed by atoms with E-state index in [0.29, 0.717) is 10.2 Å². The van der Waals surface area contributed by atoms with E-state index in [-0.39, 0.29) is 23.7 Å². The maximum Gasteiger partial charge on any atom is 0.262 e. The van der Waals surface area contributed by atoms with Crippen molar-refractivity contribution in [3.05, 3.63) is 40.7 Å². The molecule has 0 aromatic carbocycles. The Morgan fingerprint density at radius 3 is 2.86 bits per heavy atom. The number of sulfonamides is 1. The van der Waals surface area contributed by atoms with Crippen LogP contribution in [0.1, 0.15) is 0 Å². The highest BCUT2D eigenvalue weighted by molar-refractivity contribution is 7.89. The predicted molar refractivity (Wildman–Crippen MR) is 82.3 cm³/mol. The number of fused-ring (bicyclic) bond motifs is 1. The van der Waals surface area contributed by atoms with Gasteiger partial charge in [0.15, 0.2) is 5.03 Å². The average molecular weight is 339 g/mol. The predicted octanol–water partition coefficient (Wildman–Crippen LogP) is 0.170. The second-order valence-corrected chi connectivity index (χ2v) is 7.27. The molecule has 3 aromatic heterocycles. The summed E-state index contributed by atoms with van der Waals surface area (Å²) in [6, 6.07) is 1.71. The molecule has 0 aliphatic rings. The lowest BCUT2D eigenvalue weighted by atomic mass is 10.4. The molecule has 1 N–H and O–H groups in total. The van der Waals surface area contributed by atoms with Crippen LogP contribution in [0.5, 0.6) is 0 Å². The summed E-state index contributed by atoms with van der Waals surface area (Å²) in [4.78, 5) is 20.8. The summed E-state index contributed by atoms with van der Waals surface area (Å²) in [5.41, 5.74) is -0.178. The van der Waals surface area contributed by atoms with Crippen molar-refractivity contribution >= 4 is 31.6 Å². The van der Waals surface area contributed by atoms with Crippen molar-refractivity contribution in [1.29, 1.82) is 0 Å². The number of aromatic nitrogens is 4. The molecule has 0 radical (unpaired) electrons. The molecule has 22 heavy (non-hydrogen) atoms. The summed E-state index contributed by atoms with van der Waals surface area (Å²) in [6.07, 6.45) is 4.25. The fourth-order valence-corrected chi connectivity index (χ4v) is 3.68. The quantitative estimate of drug-likeness (QED) is 0.714. The summed E-state index contributed by atoms with van der Waals surface area (Å²) in [5, 5.41) is 2.29. The van der Waals surface area contributed by atoms with Crippen molar-refractivity contribution < 1.29 is 8.42 Å². The lowest BCUT2D eigenvalue weighted by molar-refractivity contribution is 0.566. The molecule has 0 amide bonds. The molecule has 0 aliphatic carbocycles. The summed E-state index contributed by atoms with van der Waals surface area (Å²) in [5.74, 6) is 0. The summed E-state index contributed by atoms with van der Waals surface area (Å²) in [6.45, 7) is 0.278. The lowest BCUT2D eigenvalue weighted by Gasteiger charge is -2.06. The zero-order valence-corrected chi connectivity index (χ0v) is 13.3. The minimum Gasteiger partial charge on any atom is -0.339 e. The lowest BCUT2D eigenvalue weighted by Crippen LogP contribution is -2.31. The zero-order valence-electron chi connectivity index (χ0n) is 11.6. The van der Waals surface area contributed by atoms with Gasteiger partial charge < -0.3 is 4.57 Å². The molecular formula is C12H13N5O3S2. The fourth-order valence-electron chi connectivity index (χ4n) is 1.95. The number of imidazole rings is 1. The van der Waals surface area contributed by atoms with Crippen molar-refractivity contribution in [2.45, 2.75) is 11.6 Å². The number of nitrogens with one attached hydrogen (secondary N) is 1. The van der Waals surface area contributed by atoms with Crippen molar-refractivity contribution in [3.63, 3.8) is 0 Å². The highest BCUT2D eigenvalue weighted by atomic mass is 32.2. The molecule has 0 atom stereocenters. The Labute approximate surface area is 130 Å². The first-order chi connectivity index (χ1) is 10.5. The first kappa shape index (κ1) is 14.9. The minimum absolute atomic E-state index is 0.0474. The number of aryl methyl sites for hydroxylation is 1. The van der Waals surface area contributed by atoms with Gasteiger partial charge >= 0.3 is 0 Å². The van der Waals surface area contributed by atoms with Crippen molar-refractivity contribution in [3.8, 4) is 0 Å². The maximum absolute atomic E-state index is 12.2. The Hall–Kier alpha value is -2.04. The highest BCUT2D eigenvalue weighted by Crippen LogP contribution is 2.13. The van der Waals surface area contributed by atoms with E-state index in [1.165, 1.54) is 34.8 Å². The molecule has 0 saturated heterocycles. The second kappa shape index (κ2) is 5.63. The van der Waals surface area contributed by atoms with Gasteiger partial charge in [0, 0.05) is 26.3 Å². The van der Waals surface area contributed by atoms with E-state index in [1.54, 1.807) is 23.1 Å². The minimum atomic E-state index is -3.67. The van der Waals surface area contributed by atoms with Gasteiger partial charge in [0.2, 0.25) is 0 Å². The van der Waals surface area contributed by atoms with E-state index in [1.807, 2.05) is 0 Å². The Balaban J connectivity index is 1.72. The molecule has 0 fully saturated rings. The number of thiophene rings is 1. The molecular weight excluding hydrogens is 326 g/mol. The van der Waals surface area contributed by atoms with E-state index >= 15 is 0 Å². The van der Waals surface area contributed by atoms with Crippen molar-refractivity contribution in [2.75, 3.05) is 6.54 Å². The first-order valence-electron chi connectivity index (χ1n) is 6.38. The molecule has 0 aliphatic heterocycles. The van der Waals surface area contributed by atoms with Crippen LogP contribution in [0.15, 0.2) is 40.1 Å². The van der Waals surface area contributed by atoms with E-state index in [9.17, 15) is 13.2 Å². The normalized spacial score (nSPS) is 12.0.